The van der Waals surface area contributed by atoms with Gasteiger partial charge in [0.1, 0.15) is 0 Å². The van der Waals surface area contributed by atoms with Crippen molar-refractivity contribution in [3.8, 4) is 0 Å². The number of halogens is 1. The third-order valence-corrected chi connectivity index (χ3v) is 4.42. The molecule has 0 radical (unpaired) electrons. The fraction of sp³-hybridized carbons (Fsp3) is 0.769. The van der Waals surface area contributed by atoms with Crippen molar-refractivity contribution < 1.29 is 5.11 Å². The number of nitrogens with zero attached hydrogens (tertiary/aromatic N) is 3. The van der Waals surface area contributed by atoms with Gasteiger partial charge in [0, 0.05) is 49.8 Å². The van der Waals surface area contributed by atoms with Crippen LogP contribution in [-0.4, -0.2) is 58.2 Å². The summed E-state index contributed by atoms with van der Waals surface area (Å²) >= 11 is 1.57. The molecule has 1 fully saturated rings. The number of aliphatic hydroxyl groups excluding tert-OH is 1. The fourth-order valence-corrected chi connectivity index (χ4v) is 3.41. The summed E-state index contributed by atoms with van der Waals surface area (Å²) in [5.74, 6) is 0. The highest BCUT2D eigenvalue weighted by atomic mass is 35.5. The van der Waals surface area contributed by atoms with Crippen LogP contribution in [0.25, 0.3) is 0 Å². The van der Waals surface area contributed by atoms with Gasteiger partial charge in [-0.1, -0.05) is 6.92 Å². The summed E-state index contributed by atoms with van der Waals surface area (Å²) in [6.45, 7) is 8.92. The summed E-state index contributed by atoms with van der Waals surface area (Å²) in [5.41, 5.74) is 5.67. The molecule has 0 amide bonds. The number of nitrogen functional groups attached to an aromatic ring is 1. The van der Waals surface area contributed by atoms with E-state index in [9.17, 15) is 5.11 Å². The number of nitrogens with two attached hydrogens (primary N) is 1. The number of anilines is 1. The van der Waals surface area contributed by atoms with E-state index in [1.165, 1.54) is 4.88 Å². The zero-order chi connectivity index (χ0) is 13.8. The number of hydrogen-bond donors (Lipinski definition) is 2. The van der Waals surface area contributed by atoms with E-state index < -0.39 is 0 Å². The van der Waals surface area contributed by atoms with Crippen LogP contribution in [0.15, 0.2) is 6.20 Å². The van der Waals surface area contributed by atoms with Crippen molar-refractivity contribution in [1.29, 1.82) is 0 Å². The molecule has 1 saturated heterocycles. The number of β-amino-alcohol motifs (C(OH)–C–C–N with tert-alkyl or cyclic N) is 1. The number of thiazole rings is 1. The summed E-state index contributed by atoms with van der Waals surface area (Å²) < 4.78 is 0. The van der Waals surface area contributed by atoms with Gasteiger partial charge in [-0.2, -0.15) is 0 Å². The number of rotatable bonds is 5. The first-order valence-electron chi connectivity index (χ1n) is 6.93. The zero-order valence-corrected chi connectivity index (χ0v) is 13.8. The minimum Gasteiger partial charge on any atom is -0.392 e. The summed E-state index contributed by atoms with van der Waals surface area (Å²) in [7, 11) is 0. The summed E-state index contributed by atoms with van der Waals surface area (Å²) in [5, 5.41) is 10.2. The van der Waals surface area contributed by atoms with Crippen LogP contribution in [0.1, 0.15) is 25.1 Å². The fourth-order valence-electron chi connectivity index (χ4n) is 2.68. The molecule has 0 spiro atoms. The predicted octanol–water partition coefficient (Wildman–Crippen LogP) is 1.42. The SMILES string of the molecule is CCC1CN(Cc2cnc(N)s2)CCN1CC(C)O.Cl. The Morgan fingerprint density at radius 3 is 2.85 bits per heavy atom. The van der Waals surface area contributed by atoms with Gasteiger partial charge in [0.25, 0.3) is 0 Å². The molecule has 116 valence electrons. The minimum atomic E-state index is -0.248. The molecule has 0 aliphatic carbocycles. The van der Waals surface area contributed by atoms with Crippen LogP contribution in [-0.2, 0) is 6.54 Å². The molecule has 3 N–H and O–H groups in total. The molecular formula is C13H25ClN4OS. The molecule has 0 bridgehead atoms. The van der Waals surface area contributed by atoms with Crippen molar-refractivity contribution in [2.24, 2.45) is 0 Å². The lowest BCUT2D eigenvalue weighted by Crippen LogP contribution is -2.54. The Hall–Kier alpha value is -0.400. The molecule has 2 unspecified atom stereocenters. The van der Waals surface area contributed by atoms with Gasteiger partial charge in [0.15, 0.2) is 5.13 Å². The van der Waals surface area contributed by atoms with Gasteiger partial charge in [-0.25, -0.2) is 4.98 Å². The van der Waals surface area contributed by atoms with Crippen LogP contribution in [0.5, 0.6) is 0 Å². The van der Waals surface area contributed by atoms with Crippen LogP contribution < -0.4 is 5.73 Å². The van der Waals surface area contributed by atoms with E-state index in [1.54, 1.807) is 11.3 Å². The van der Waals surface area contributed by atoms with E-state index in [-0.39, 0.29) is 18.5 Å². The van der Waals surface area contributed by atoms with Gasteiger partial charge in [-0.15, -0.1) is 23.7 Å². The van der Waals surface area contributed by atoms with E-state index in [0.717, 1.165) is 39.1 Å². The maximum absolute atomic E-state index is 9.55. The van der Waals surface area contributed by atoms with Crippen LogP contribution >= 0.6 is 23.7 Å². The average molecular weight is 321 g/mol. The molecular weight excluding hydrogens is 296 g/mol. The van der Waals surface area contributed by atoms with Crippen molar-refractivity contribution in [3.63, 3.8) is 0 Å². The van der Waals surface area contributed by atoms with Gasteiger partial charge in [-0.3, -0.25) is 9.80 Å². The molecule has 1 aliphatic rings. The Bertz CT molecular complexity index is 401. The van der Waals surface area contributed by atoms with Gasteiger partial charge in [-0.05, 0) is 13.3 Å². The summed E-state index contributed by atoms with van der Waals surface area (Å²) in [6.07, 6.45) is 2.75. The topological polar surface area (TPSA) is 65.6 Å². The number of hydrogen-bond acceptors (Lipinski definition) is 6. The maximum atomic E-state index is 9.55. The van der Waals surface area contributed by atoms with E-state index in [1.807, 2.05) is 13.1 Å². The molecule has 1 aromatic heterocycles. The molecule has 2 heterocycles. The normalized spacial score (nSPS) is 22.4. The minimum absolute atomic E-state index is 0. The zero-order valence-electron chi connectivity index (χ0n) is 12.2. The first-order chi connectivity index (χ1) is 9.08. The third-order valence-electron chi connectivity index (χ3n) is 3.61. The lowest BCUT2D eigenvalue weighted by atomic mass is 10.1. The first kappa shape index (κ1) is 17.7. The van der Waals surface area contributed by atoms with E-state index >= 15 is 0 Å². The summed E-state index contributed by atoms with van der Waals surface area (Å²) in [4.78, 5) is 10.2. The molecule has 0 saturated carbocycles. The molecule has 2 rings (SSSR count). The highest BCUT2D eigenvalue weighted by Gasteiger charge is 2.26. The second-order valence-electron chi connectivity index (χ2n) is 5.31. The quantitative estimate of drug-likeness (QED) is 0.859. The largest absolute Gasteiger partial charge is 0.392 e. The Kier molecular flexibility index (Phi) is 7.19. The number of piperazine rings is 1. The lowest BCUT2D eigenvalue weighted by Gasteiger charge is -2.41. The van der Waals surface area contributed by atoms with Crippen molar-refractivity contribution in [2.45, 2.75) is 39.0 Å². The Balaban J connectivity index is 0.00000200. The highest BCUT2D eigenvalue weighted by Crippen LogP contribution is 2.20. The van der Waals surface area contributed by atoms with Crippen LogP contribution in [0, 0.1) is 0 Å². The van der Waals surface area contributed by atoms with Crippen molar-refractivity contribution in [3.05, 3.63) is 11.1 Å². The monoisotopic (exact) mass is 320 g/mol. The Morgan fingerprint density at radius 2 is 2.30 bits per heavy atom. The smallest absolute Gasteiger partial charge is 0.180 e. The summed E-state index contributed by atoms with van der Waals surface area (Å²) in [6, 6.07) is 0.536. The second kappa shape index (κ2) is 8.14. The Labute approximate surface area is 131 Å². The molecule has 20 heavy (non-hydrogen) atoms. The predicted molar refractivity (Wildman–Crippen MR) is 86.4 cm³/mol. The number of aliphatic hydroxyl groups is 1. The first-order valence-corrected chi connectivity index (χ1v) is 7.74. The van der Waals surface area contributed by atoms with Gasteiger partial charge in [0.05, 0.1) is 6.10 Å². The van der Waals surface area contributed by atoms with Crippen molar-refractivity contribution in [1.82, 2.24) is 14.8 Å². The van der Waals surface area contributed by atoms with E-state index in [0.29, 0.717) is 11.2 Å². The molecule has 1 aromatic rings. The molecule has 2 atom stereocenters. The maximum Gasteiger partial charge on any atom is 0.180 e. The highest BCUT2D eigenvalue weighted by molar-refractivity contribution is 7.15. The van der Waals surface area contributed by atoms with Gasteiger partial charge in [0.2, 0.25) is 0 Å². The lowest BCUT2D eigenvalue weighted by molar-refractivity contribution is 0.0341. The molecule has 1 aliphatic heterocycles. The van der Waals surface area contributed by atoms with E-state index in [4.69, 9.17) is 5.73 Å². The van der Waals surface area contributed by atoms with Gasteiger partial charge < -0.3 is 10.8 Å². The molecule has 7 heteroatoms. The van der Waals surface area contributed by atoms with Crippen molar-refractivity contribution >= 4 is 28.9 Å². The third kappa shape index (κ3) is 4.86. The standard InChI is InChI=1S/C13H24N4OS.ClH/c1-3-11-8-16(4-5-17(11)7-10(2)18)9-12-6-15-13(14)19-12;/h6,10-11,18H,3-5,7-9H2,1-2H3,(H2,14,15);1H. The number of aromatic nitrogens is 1. The Morgan fingerprint density at radius 1 is 1.55 bits per heavy atom. The van der Waals surface area contributed by atoms with Crippen LogP contribution in [0.2, 0.25) is 0 Å². The second-order valence-corrected chi connectivity index (χ2v) is 6.45. The van der Waals surface area contributed by atoms with E-state index in [2.05, 4.69) is 21.7 Å². The van der Waals surface area contributed by atoms with Gasteiger partial charge >= 0.3 is 0 Å². The molecule has 5 nitrogen and oxygen atoms in total. The van der Waals surface area contributed by atoms with Crippen LogP contribution in [0.3, 0.4) is 0 Å². The van der Waals surface area contributed by atoms with Crippen molar-refractivity contribution in [2.75, 3.05) is 31.9 Å². The van der Waals surface area contributed by atoms with Crippen LogP contribution in [0.4, 0.5) is 5.13 Å². The molecule has 0 aromatic carbocycles. The average Bonchev–Trinajstić information content (AvgIpc) is 2.76.